The summed E-state index contributed by atoms with van der Waals surface area (Å²) in [6.45, 7) is 3.77. The Labute approximate surface area is 108 Å². The second-order valence-electron chi connectivity index (χ2n) is 4.84. The minimum Gasteiger partial charge on any atom is -0.494 e. The van der Waals surface area contributed by atoms with Gasteiger partial charge in [0.1, 0.15) is 5.75 Å². The van der Waals surface area contributed by atoms with Gasteiger partial charge in [-0.2, -0.15) is 0 Å². The molecular weight excluding hydrogens is 228 g/mol. The van der Waals surface area contributed by atoms with Crippen LogP contribution in [0.4, 0.5) is 5.69 Å². The number of nitrogens with two attached hydrogens (primary N) is 1. The molecule has 1 heterocycles. The molecule has 1 aliphatic heterocycles. The van der Waals surface area contributed by atoms with Crippen molar-refractivity contribution in [2.45, 2.75) is 25.4 Å². The first-order chi connectivity index (χ1) is 8.74. The van der Waals surface area contributed by atoms with Crippen molar-refractivity contribution in [2.75, 3.05) is 32.0 Å². The lowest BCUT2D eigenvalue weighted by Crippen LogP contribution is -2.36. The molecule has 0 atom stereocenters. The maximum absolute atomic E-state index is 9.41. The van der Waals surface area contributed by atoms with Gasteiger partial charge in [0.2, 0.25) is 0 Å². The van der Waals surface area contributed by atoms with E-state index in [1.165, 1.54) is 0 Å². The third-order valence-electron chi connectivity index (χ3n) is 3.32. The molecule has 0 amide bonds. The highest BCUT2D eigenvalue weighted by Gasteiger charge is 2.15. The Kier molecular flexibility index (Phi) is 4.84. The van der Waals surface area contributed by atoms with E-state index in [0.29, 0.717) is 0 Å². The van der Waals surface area contributed by atoms with Crippen LogP contribution in [0, 0.1) is 0 Å². The Morgan fingerprint density at radius 3 is 2.56 bits per heavy atom. The third-order valence-corrected chi connectivity index (χ3v) is 3.32. The molecule has 1 aromatic rings. The second-order valence-corrected chi connectivity index (χ2v) is 4.84. The van der Waals surface area contributed by atoms with Crippen LogP contribution in [0.5, 0.6) is 5.75 Å². The van der Waals surface area contributed by atoms with Gasteiger partial charge in [0, 0.05) is 25.3 Å². The number of hydrogen-bond acceptors (Lipinski definition) is 4. The van der Waals surface area contributed by atoms with Crippen LogP contribution in [0.25, 0.3) is 0 Å². The quantitative estimate of drug-likeness (QED) is 0.614. The average molecular weight is 250 g/mol. The summed E-state index contributed by atoms with van der Waals surface area (Å²) in [5.74, 6) is 0.873. The van der Waals surface area contributed by atoms with Crippen molar-refractivity contribution in [3.63, 3.8) is 0 Å². The summed E-state index contributed by atoms with van der Waals surface area (Å²) in [4.78, 5) is 2.39. The van der Waals surface area contributed by atoms with Crippen LogP contribution in [0.2, 0.25) is 0 Å². The molecule has 1 saturated heterocycles. The van der Waals surface area contributed by atoms with E-state index in [9.17, 15) is 5.11 Å². The highest BCUT2D eigenvalue weighted by Crippen LogP contribution is 2.14. The number of benzene rings is 1. The number of aliphatic hydroxyl groups is 1. The third kappa shape index (κ3) is 4.20. The van der Waals surface area contributed by atoms with Crippen molar-refractivity contribution >= 4 is 5.69 Å². The average Bonchev–Trinajstić information content (AvgIpc) is 2.39. The molecule has 0 spiro atoms. The molecule has 0 unspecified atom stereocenters. The van der Waals surface area contributed by atoms with Crippen molar-refractivity contribution in [2.24, 2.45) is 0 Å². The minimum atomic E-state index is -0.0905. The highest BCUT2D eigenvalue weighted by atomic mass is 16.5. The first-order valence-corrected chi connectivity index (χ1v) is 6.63. The summed E-state index contributed by atoms with van der Waals surface area (Å²) in [7, 11) is 0. The van der Waals surface area contributed by atoms with Gasteiger partial charge in [0.15, 0.2) is 0 Å². The molecule has 0 aromatic heterocycles. The molecule has 0 bridgehead atoms. The van der Waals surface area contributed by atoms with Gasteiger partial charge in [-0.3, -0.25) is 0 Å². The molecule has 4 nitrogen and oxygen atoms in total. The number of hydrogen-bond donors (Lipinski definition) is 2. The molecule has 1 fully saturated rings. The van der Waals surface area contributed by atoms with Crippen LogP contribution in [0.1, 0.15) is 19.3 Å². The lowest BCUT2D eigenvalue weighted by molar-refractivity contribution is 0.0800. The molecule has 2 rings (SSSR count). The van der Waals surface area contributed by atoms with E-state index in [1.54, 1.807) is 0 Å². The topological polar surface area (TPSA) is 58.7 Å². The van der Waals surface area contributed by atoms with Gasteiger partial charge >= 0.3 is 0 Å². The predicted molar refractivity (Wildman–Crippen MR) is 72.6 cm³/mol. The summed E-state index contributed by atoms with van der Waals surface area (Å²) in [5.41, 5.74) is 6.37. The zero-order valence-corrected chi connectivity index (χ0v) is 10.7. The number of aliphatic hydroxyl groups excluding tert-OH is 1. The van der Waals surface area contributed by atoms with Crippen LogP contribution in [0.15, 0.2) is 24.3 Å². The molecule has 1 aromatic carbocycles. The molecular formula is C14H22N2O2. The van der Waals surface area contributed by atoms with E-state index in [2.05, 4.69) is 4.90 Å². The summed E-state index contributed by atoms with van der Waals surface area (Å²) < 4.78 is 5.64. The number of ether oxygens (including phenoxy) is 1. The number of nitrogen functional groups attached to an aromatic ring is 1. The number of anilines is 1. The second kappa shape index (κ2) is 6.61. The van der Waals surface area contributed by atoms with Crippen LogP contribution in [0.3, 0.4) is 0 Å². The molecule has 4 heteroatoms. The van der Waals surface area contributed by atoms with Crippen molar-refractivity contribution < 1.29 is 9.84 Å². The Hall–Kier alpha value is -1.26. The highest BCUT2D eigenvalue weighted by molar-refractivity contribution is 5.41. The Balaban J connectivity index is 1.60. The Bertz CT molecular complexity index is 345. The standard InChI is InChI=1S/C14H22N2O2/c15-12-2-4-14(5-3-12)18-11-1-8-16-9-6-13(17)7-10-16/h2-5,13,17H,1,6-11,15H2. The van der Waals surface area contributed by atoms with Crippen LogP contribution >= 0.6 is 0 Å². The first-order valence-electron chi connectivity index (χ1n) is 6.63. The van der Waals surface area contributed by atoms with Gasteiger partial charge in [-0.05, 0) is 43.5 Å². The predicted octanol–water partition coefficient (Wildman–Crippen LogP) is 1.49. The van der Waals surface area contributed by atoms with Gasteiger partial charge in [-0.25, -0.2) is 0 Å². The molecule has 0 saturated carbocycles. The lowest BCUT2D eigenvalue weighted by atomic mass is 10.1. The van der Waals surface area contributed by atoms with Crippen LogP contribution in [-0.4, -0.2) is 42.4 Å². The number of likely N-dealkylation sites (tertiary alicyclic amines) is 1. The summed E-state index contributed by atoms with van der Waals surface area (Å²) in [5, 5.41) is 9.41. The molecule has 0 aliphatic carbocycles. The maximum atomic E-state index is 9.41. The lowest BCUT2D eigenvalue weighted by Gasteiger charge is -2.29. The van der Waals surface area contributed by atoms with Gasteiger partial charge in [0.05, 0.1) is 12.7 Å². The molecule has 3 N–H and O–H groups in total. The zero-order valence-electron chi connectivity index (χ0n) is 10.7. The smallest absolute Gasteiger partial charge is 0.119 e. The zero-order chi connectivity index (χ0) is 12.8. The van der Waals surface area contributed by atoms with Crippen molar-refractivity contribution in [3.05, 3.63) is 24.3 Å². The van der Waals surface area contributed by atoms with E-state index in [0.717, 1.165) is 56.9 Å². The van der Waals surface area contributed by atoms with Gasteiger partial charge in [-0.15, -0.1) is 0 Å². The van der Waals surface area contributed by atoms with Crippen LogP contribution in [-0.2, 0) is 0 Å². The Morgan fingerprint density at radius 2 is 1.89 bits per heavy atom. The monoisotopic (exact) mass is 250 g/mol. The summed E-state index contributed by atoms with van der Waals surface area (Å²) in [6.07, 6.45) is 2.73. The fraction of sp³-hybridized carbons (Fsp3) is 0.571. The van der Waals surface area contributed by atoms with E-state index in [4.69, 9.17) is 10.5 Å². The maximum Gasteiger partial charge on any atom is 0.119 e. The van der Waals surface area contributed by atoms with Crippen molar-refractivity contribution in [1.82, 2.24) is 4.90 Å². The summed E-state index contributed by atoms with van der Waals surface area (Å²) in [6, 6.07) is 7.49. The fourth-order valence-electron chi connectivity index (χ4n) is 2.19. The SMILES string of the molecule is Nc1ccc(OCCCN2CCC(O)CC2)cc1. The van der Waals surface area contributed by atoms with Gasteiger partial charge < -0.3 is 20.5 Å². The largest absolute Gasteiger partial charge is 0.494 e. The number of nitrogens with zero attached hydrogens (tertiary/aromatic N) is 1. The van der Waals surface area contributed by atoms with Gasteiger partial charge in [-0.1, -0.05) is 0 Å². The first kappa shape index (κ1) is 13.2. The minimum absolute atomic E-state index is 0.0905. The van der Waals surface area contributed by atoms with E-state index in [-0.39, 0.29) is 6.10 Å². The molecule has 0 radical (unpaired) electrons. The van der Waals surface area contributed by atoms with Gasteiger partial charge in [0.25, 0.3) is 0 Å². The molecule has 100 valence electrons. The van der Waals surface area contributed by atoms with Crippen molar-refractivity contribution in [1.29, 1.82) is 0 Å². The molecule has 18 heavy (non-hydrogen) atoms. The molecule has 1 aliphatic rings. The van der Waals surface area contributed by atoms with E-state index >= 15 is 0 Å². The van der Waals surface area contributed by atoms with Crippen molar-refractivity contribution in [3.8, 4) is 5.75 Å². The fourth-order valence-corrected chi connectivity index (χ4v) is 2.19. The Morgan fingerprint density at radius 1 is 1.22 bits per heavy atom. The van der Waals surface area contributed by atoms with Crippen LogP contribution < -0.4 is 10.5 Å². The normalized spacial score (nSPS) is 17.8. The number of rotatable bonds is 5. The number of piperidine rings is 1. The van der Waals surface area contributed by atoms with E-state index in [1.807, 2.05) is 24.3 Å². The summed E-state index contributed by atoms with van der Waals surface area (Å²) >= 11 is 0. The van der Waals surface area contributed by atoms with E-state index < -0.39 is 0 Å².